The standard InChI is InChI=1S/C17H26N2O/c1-3-14-6-8-15(9-7-14)12-19-16(20)17(18)10-4-5-13(2)11-17/h6-9,13H,3-5,10-12,18H2,1-2H3,(H,19,20). The monoisotopic (exact) mass is 274 g/mol. The summed E-state index contributed by atoms with van der Waals surface area (Å²) in [4.78, 5) is 12.3. The maximum atomic E-state index is 12.3. The summed E-state index contributed by atoms with van der Waals surface area (Å²) in [5.41, 5.74) is 8.07. The van der Waals surface area contributed by atoms with E-state index in [0.29, 0.717) is 12.5 Å². The zero-order valence-electron chi connectivity index (χ0n) is 12.6. The summed E-state index contributed by atoms with van der Waals surface area (Å²) in [6, 6.07) is 8.38. The largest absolute Gasteiger partial charge is 0.350 e. The van der Waals surface area contributed by atoms with Crippen molar-refractivity contribution in [3.63, 3.8) is 0 Å². The highest BCUT2D eigenvalue weighted by Gasteiger charge is 2.37. The molecule has 1 aliphatic rings. The summed E-state index contributed by atoms with van der Waals surface area (Å²) in [7, 11) is 0. The van der Waals surface area contributed by atoms with Gasteiger partial charge in [0.15, 0.2) is 0 Å². The molecule has 3 N–H and O–H groups in total. The maximum Gasteiger partial charge on any atom is 0.240 e. The van der Waals surface area contributed by atoms with E-state index in [1.165, 1.54) is 12.0 Å². The molecule has 0 bridgehead atoms. The van der Waals surface area contributed by atoms with Crippen molar-refractivity contribution in [2.24, 2.45) is 11.7 Å². The molecule has 1 aliphatic carbocycles. The Labute approximate surface area is 121 Å². The maximum absolute atomic E-state index is 12.3. The molecule has 1 saturated carbocycles. The van der Waals surface area contributed by atoms with Crippen molar-refractivity contribution < 1.29 is 4.79 Å². The lowest BCUT2D eigenvalue weighted by atomic mass is 9.76. The molecule has 0 aliphatic heterocycles. The Balaban J connectivity index is 1.90. The van der Waals surface area contributed by atoms with Crippen LogP contribution in [0.5, 0.6) is 0 Å². The Kier molecular flexibility index (Phi) is 4.81. The molecule has 1 fully saturated rings. The molecule has 3 nitrogen and oxygen atoms in total. The molecule has 0 aromatic heterocycles. The minimum atomic E-state index is -0.666. The highest BCUT2D eigenvalue weighted by atomic mass is 16.2. The van der Waals surface area contributed by atoms with Crippen LogP contribution in [0.15, 0.2) is 24.3 Å². The van der Waals surface area contributed by atoms with Crippen molar-refractivity contribution in [3.05, 3.63) is 35.4 Å². The third kappa shape index (κ3) is 3.60. The van der Waals surface area contributed by atoms with Gasteiger partial charge in [0.2, 0.25) is 5.91 Å². The van der Waals surface area contributed by atoms with Crippen LogP contribution in [0, 0.1) is 5.92 Å². The zero-order valence-corrected chi connectivity index (χ0v) is 12.6. The quantitative estimate of drug-likeness (QED) is 0.887. The molecule has 110 valence electrons. The van der Waals surface area contributed by atoms with Crippen LogP contribution < -0.4 is 11.1 Å². The van der Waals surface area contributed by atoms with Gasteiger partial charge in [-0.15, -0.1) is 0 Å². The Morgan fingerprint density at radius 3 is 2.60 bits per heavy atom. The summed E-state index contributed by atoms with van der Waals surface area (Å²) in [6.45, 7) is 4.88. The number of amides is 1. The Hall–Kier alpha value is -1.35. The fourth-order valence-corrected chi connectivity index (χ4v) is 3.05. The van der Waals surface area contributed by atoms with E-state index in [0.717, 1.165) is 31.2 Å². The first-order valence-corrected chi connectivity index (χ1v) is 7.68. The third-order valence-corrected chi connectivity index (χ3v) is 4.37. The van der Waals surface area contributed by atoms with Gasteiger partial charge in [-0.25, -0.2) is 0 Å². The van der Waals surface area contributed by atoms with Gasteiger partial charge in [0.05, 0.1) is 5.54 Å². The topological polar surface area (TPSA) is 55.1 Å². The lowest BCUT2D eigenvalue weighted by Crippen LogP contribution is -2.56. The summed E-state index contributed by atoms with van der Waals surface area (Å²) in [6.07, 6.45) is 4.88. The Morgan fingerprint density at radius 1 is 1.35 bits per heavy atom. The number of aryl methyl sites for hydroxylation is 1. The van der Waals surface area contributed by atoms with Gasteiger partial charge in [0.25, 0.3) is 0 Å². The smallest absolute Gasteiger partial charge is 0.240 e. The first kappa shape index (κ1) is 15.0. The normalized spacial score (nSPS) is 26.2. The van der Waals surface area contributed by atoms with E-state index in [-0.39, 0.29) is 5.91 Å². The molecule has 3 heteroatoms. The van der Waals surface area contributed by atoms with Gasteiger partial charge in [0, 0.05) is 6.54 Å². The Morgan fingerprint density at radius 2 is 2.00 bits per heavy atom. The second-order valence-electron chi connectivity index (χ2n) is 6.21. The number of benzene rings is 1. The van der Waals surface area contributed by atoms with Crippen LogP contribution in [0.1, 0.15) is 50.7 Å². The molecule has 2 unspecified atom stereocenters. The first-order chi connectivity index (χ1) is 9.53. The lowest BCUT2D eigenvalue weighted by molar-refractivity contribution is -0.128. The number of carbonyl (C=O) groups is 1. The van der Waals surface area contributed by atoms with E-state index in [9.17, 15) is 4.79 Å². The molecule has 1 amide bonds. The average molecular weight is 274 g/mol. The van der Waals surface area contributed by atoms with Gasteiger partial charge < -0.3 is 11.1 Å². The van der Waals surface area contributed by atoms with Crippen LogP contribution in [-0.2, 0) is 17.8 Å². The molecule has 1 aromatic rings. The zero-order chi connectivity index (χ0) is 14.6. The minimum absolute atomic E-state index is 0.00335. The fourth-order valence-electron chi connectivity index (χ4n) is 3.05. The van der Waals surface area contributed by atoms with Gasteiger partial charge in [-0.1, -0.05) is 51.0 Å². The fraction of sp³-hybridized carbons (Fsp3) is 0.588. The van der Waals surface area contributed by atoms with E-state index in [1.54, 1.807) is 0 Å². The molecule has 0 radical (unpaired) electrons. The number of carbonyl (C=O) groups excluding carboxylic acids is 1. The summed E-state index contributed by atoms with van der Waals surface area (Å²) < 4.78 is 0. The molecule has 0 heterocycles. The van der Waals surface area contributed by atoms with Crippen LogP contribution >= 0.6 is 0 Å². The van der Waals surface area contributed by atoms with Crippen molar-refractivity contribution in [2.75, 3.05) is 0 Å². The summed E-state index contributed by atoms with van der Waals surface area (Å²) >= 11 is 0. The summed E-state index contributed by atoms with van der Waals surface area (Å²) in [5.74, 6) is 0.548. The lowest BCUT2D eigenvalue weighted by Gasteiger charge is -2.35. The van der Waals surface area contributed by atoms with E-state index < -0.39 is 5.54 Å². The van der Waals surface area contributed by atoms with E-state index in [1.807, 2.05) is 0 Å². The minimum Gasteiger partial charge on any atom is -0.350 e. The predicted octanol–water partition coefficient (Wildman–Crippen LogP) is 2.77. The second-order valence-corrected chi connectivity index (χ2v) is 6.21. The molecule has 1 aromatic carbocycles. The number of hydrogen-bond donors (Lipinski definition) is 2. The van der Waals surface area contributed by atoms with Crippen molar-refractivity contribution in [1.29, 1.82) is 0 Å². The van der Waals surface area contributed by atoms with Crippen LogP contribution in [-0.4, -0.2) is 11.4 Å². The van der Waals surface area contributed by atoms with Crippen molar-refractivity contribution in [1.82, 2.24) is 5.32 Å². The molecule has 0 spiro atoms. The third-order valence-electron chi connectivity index (χ3n) is 4.37. The van der Waals surface area contributed by atoms with Crippen LogP contribution in [0.3, 0.4) is 0 Å². The van der Waals surface area contributed by atoms with Crippen molar-refractivity contribution >= 4 is 5.91 Å². The van der Waals surface area contributed by atoms with Crippen LogP contribution in [0.4, 0.5) is 0 Å². The highest BCUT2D eigenvalue weighted by molar-refractivity contribution is 5.86. The van der Waals surface area contributed by atoms with Gasteiger partial charge in [0.1, 0.15) is 0 Å². The highest BCUT2D eigenvalue weighted by Crippen LogP contribution is 2.30. The molecular formula is C17H26N2O. The second kappa shape index (κ2) is 6.40. The molecule has 0 saturated heterocycles. The van der Waals surface area contributed by atoms with Crippen molar-refractivity contribution in [2.45, 2.75) is 58.0 Å². The van der Waals surface area contributed by atoms with E-state index >= 15 is 0 Å². The van der Waals surface area contributed by atoms with Gasteiger partial charge in [-0.05, 0) is 36.3 Å². The number of hydrogen-bond acceptors (Lipinski definition) is 2. The number of nitrogens with one attached hydrogen (secondary N) is 1. The van der Waals surface area contributed by atoms with Crippen molar-refractivity contribution in [3.8, 4) is 0 Å². The average Bonchev–Trinajstić information content (AvgIpc) is 2.45. The molecule has 2 rings (SSSR count). The first-order valence-electron chi connectivity index (χ1n) is 7.68. The molecular weight excluding hydrogens is 248 g/mol. The molecule has 2 atom stereocenters. The SMILES string of the molecule is CCc1ccc(CNC(=O)C2(N)CCCC(C)C2)cc1. The van der Waals surface area contributed by atoms with Gasteiger partial charge in [-0.3, -0.25) is 4.79 Å². The van der Waals surface area contributed by atoms with Crippen LogP contribution in [0.2, 0.25) is 0 Å². The van der Waals surface area contributed by atoms with E-state index in [4.69, 9.17) is 5.73 Å². The summed E-state index contributed by atoms with van der Waals surface area (Å²) in [5, 5.41) is 3.00. The van der Waals surface area contributed by atoms with E-state index in [2.05, 4.69) is 43.4 Å². The molecule has 20 heavy (non-hydrogen) atoms. The van der Waals surface area contributed by atoms with Crippen LogP contribution in [0.25, 0.3) is 0 Å². The number of rotatable bonds is 4. The predicted molar refractivity (Wildman–Crippen MR) is 82.2 cm³/mol. The number of nitrogens with two attached hydrogens (primary N) is 1. The van der Waals surface area contributed by atoms with Gasteiger partial charge in [-0.2, -0.15) is 0 Å². The Bertz CT molecular complexity index is 455. The van der Waals surface area contributed by atoms with Gasteiger partial charge >= 0.3 is 0 Å².